The Morgan fingerprint density at radius 3 is 2.06 bits per heavy atom. The van der Waals surface area contributed by atoms with E-state index >= 15 is 0 Å². The van der Waals surface area contributed by atoms with Crippen LogP contribution < -0.4 is 0 Å². The van der Waals surface area contributed by atoms with Crippen molar-refractivity contribution in [3.63, 3.8) is 0 Å². The Kier molecular flexibility index (Phi) is 6.86. The van der Waals surface area contributed by atoms with Gasteiger partial charge in [-0.05, 0) is 31.4 Å². The number of nitrogens with zero attached hydrogens (tertiary/aromatic N) is 2. The molecule has 0 aromatic heterocycles. The van der Waals surface area contributed by atoms with Crippen molar-refractivity contribution >= 4 is 23.6 Å². The van der Waals surface area contributed by atoms with Gasteiger partial charge in [0.15, 0.2) is 5.78 Å². The van der Waals surface area contributed by atoms with Gasteiger partial charge in [0.1, 0.15) is 0 Å². The van der Waals surface area contributed by atoms with E-state index in [1.807, 2.05) is 37.3 Å². The number of carboxylic acids is 1. The van der Waals surface area contributed by atoms with Crippen molar-refractivity contribution in [2.75, 3.05) is 0 Å². The molecule has 0 radical (unpaired) electrons. The smallest absolute Gasteiger partial charge is 0.475 e. The van der Waals surface area contributed by atoms with Gasteiger partial charge in [-0.1, -0.05) is 55.2 Å². The molecule has 2 saturated heterocycles. The number of amides is 2. The lowest BCUT2D eigenvalue weighted by Crippen LogP contribution is -2.51. The summed E-state index contributed by atoms with van der Waals surface area (Å²) in [5.74, 6) is -3.87. The Bertz CT molecular complexity index is 1050. The first kappa shape index (κ1) is 25.1. The molecule has 3 aliphatic heterocycles. The zero-order valence-corrected chi connectivity index (χ0v) is 19.2. The largest absolute Gasteiger partial charge is 0.490 e. The number of carboxylic acid groups (broad SMARTS) is 1. The van der Waals surface area contributed by atoms with Crippen molar-refractivity contribution in [1.82, 2.24) is 9.80 Å². The monoisotopic (exact) mass is 492 g/mol. The second-order valence-corrected chi connectivity index (χ2v) is 9.53. The van der Waals surface area contributed by atoms with Gasteiger partial charge in [0.05, 0.1) is 17.9 Å². The molecule has 0 spiro atoms. The lowest BCUT2D eigenvalue weighted by molar-refractivity contribution is -0.192. The number of carbonyl (C=O) groups excluding carboxylic acids is 3. The first-order valence-electron chi connectivity index (χ1n) is 11.7. The molecule has 3 fully saturated rings. The normalized spacial score (nSPS) is 29.0. The van der Waals surface area contributed by atoms with Gasteiger partial charge in [0.2, 0.25) is 11.8 Å². The van der Waals surface area contributed by atoms with Gasteiger partial charge >= 0.3 is 12.1 Å². The number of benzene rings is 1. The number of halogens is 3. The minimum absolute atomic E-state index is 0.0242. The van der Waals surface area contributed by atoms with Gasteiger partial charge in [-0.15, -0.1) is 0 Å². The van der Waals surface area contributed by atoms with E-state index in [4.69, 9.17) is 9.90 Å². The number of imide groups is 1. The van der Waals surface area contributed by atoms with E-state index < -0.39 is 30.0 Å². The molecule has 1 saturated carbocycles. The maximum atomic E-state index is 13.4. The Morgan fingerprint density at radius 2 is 1.51 bits per heavy atom. The van der Waals surface area contributed by atoms with Crippen LogP contribution in [-0.4, -0.2) is 62.8 Å². The number of aliphatic carboxylic acids is 1. The van der Waals surface area contributed by atoms with Crippen molar-refractivity contribution in [2.24, 2.45) is 11.8 Å². The maximum Gasteiger partial charge on any atom is 0.490 e. The molecule has 2 amide bonds. The van der Waals surface area contributed by atoms with E-state index in [1.54, 1.807) is 11.0 Å². The third kappa shape index (κ3) is 4.63. The summed E-state index contributed by atoms with van der Waals surface area (Å²) in [5.41, 5.74) is 2.01. The molecule has 4 atom stereocenters. The Morgan fingerprint density at radius 1 is 0.971 bits per heavy atom. The molecular weight excluding hydrogens is 465 g/mol. The van der Waals surface area contributed by atoms with Crippen LogP contribution in [0.1, 0.15) is 44.6 Å². The quantitative estimate of drug-likeness (QED) is 0.651. The molecule has 2 bridgehead atoms. The summed E-state index contributed by atoms with van der Waals surface area (Å²) in [7, 11) is 0. The summed E-state index contributed by atoms with van der Waals surface area (Å²) < 4.78 is 31.7. The number of ketones is 1. The summed E-state index contributed by atoms with van der Waals surface area (Å²) in [6, 6.07) is 9.36. The Labute approximate surface area is 200 Å². The third-order valence-electron chi connectivity index (χ3n) is 7.35. The molecular formula is C25H27F3N2O5. The van der Waals surface area contributed by atoms with Crippen molar-refractivity contribution in [3.05, 3.63) is 47.5 Å². The number of fused-ring (bicyclic) bond motifs is 5. The fraction of sp³-hybridized carbons (Fsp3) is 0.520. The van der Waals surface area contributed by atoms with Crippen LogP contribution in [0.25, 0.3) is 0 Å². The van der Waals surface area contributed by atoms with Crippen LogP contribution in [0, 0.1) is 11.8 Å². The van der Waals surface area contributed by atoms with Crippen LogP contribution in [0.4, 0.5) is 13.2 Å². The zero-order chi connectivity index (χ0) is 25.5. The van der Waals surface area contributed by atoms with Crippen molar-refractivity contribution in [2.45, 2.75) is 69.9 Å². The molecule has 1 aromatic rings. The van der Waals surface area contributed by atoms with E-state index in [2.05, 4.69) is 4.90 Å². The second kappa shape index (κ2) is 9.56. The summed E-state index contributed by atoms with van der Waals surface area (Å²) in [4.78, 5) is 52.3. The molecule has 4 unspecified atom stereocenters. The fourth-order valence-electron chi connectivity index (χ4n) is 5.96. The van der Waals surface area contributed by atoms with Gasteiger partial charge in [0.25, 0.3) is 0 Å². The predicted octanol–water partition coefficient (Wildman–Crippen LogP) is 3.34. The van der Waals surface area contributed by atoms with Crippen molar-refractivity contribution < 1.29 is 37.5 Å². The van der Waals surface area contributed by atoms with Gasteiger partial charge in [0, 0.05) is 18.6 Å². The molecule has 1 aromatic carbocycles. The fourth-order valence-corrected chi connectivity index (χ4v) is 5.96. The standard InChI is InChI=1S/C23H26N2O3.C2HF3O2/c1-14-12-17(26)21-19-18(20(14)24(21)13-15-8-4-2-5-9-15)22(27)25(23(19)28)16-10-6-3-7-11-16;3-2(4,5)1(6)7/h2,4-5,8-9,12,16,18-21H,3,6-7,10-11,13H2,1H3;(H,6,7). The highest BCUT2D eigenvalue weighted by Crippen LogP contribution is 2.49. The average molecular weight is 492 g/mol. The Hall–Kier alpha value is -3.01. The van der Waals surface area contributed by atoms with Crippen molar-refractivity contribution in [1.29, 1.82) is 0 Å². The number of hydrogen-bond donors (Lipinski definition) is 1. The molecule has 4 aliphatic rings. The van der Waals surface area contributed by atoms with Crippen LogP contribution in [0.15, 0.2) is 42.0 Å². The summed E-state index contributed by atoms with van der Waals surface area (Å²) >= 11 is 0. The number of likely N-dealkylation sites (tertiary alicyclic amines) is 1. The molecule has 7 nitrogen and oxygen atoms in total. The van der Waals surface area contributed by atoms with Gasteiger partial charge < -0.3 is 5.11 Å². The van der Waals surface area contributed by atoms with Crippen LogP contribution in [0.5, 0.6) is 0 Å². The lowest BCUT2D eigenvalue weighted by atomic mass is 9.89. The van der Waals surface area contributed by atoms with Crippen LogP contribution in [-0.2, 0) is 25.7 Å². The van der Waals surface area contributed by atoms with Gasteiger partial charge in [-0.25, -0.2) is 4.79 Å². The van der Waals surface area contributed by atoms with Crippen LogP contribution in [0.3, 0.4) is 0 Å². The minimum atomic E-state index is -5.08. The SMILES string of the molecule is CC1=CC(=O)C2C3C(=O)N(C4CCCCC4)C(=O)C3C1N2Cc1ccccc1.O=C(O)C(F)(F)F. The topological polar surface area (TPSA) is 95.0 Å². The highest BCUT2D eigenvalue weighted by atomic mass is 19.4. The third-order valence-corrected chi connectivity index (χ3v) is 7.35. The molecule has 35 heavy (non-hydrogen) atoms. The molecule has 1 N–H and O–H groups in total. The average Bonchev–Trinajstić information content (AvgIpc) is 3.22. The summed E-state index contributed by atoms with van der Waals surface area (Å²) in [6.07, 6.45) is 1.71. The zero-order valence-electron chi connectivity index (χ0n) is 19.2. The van der Waals surface area contributed by atoms with Crippen LogP contribution >= 0.6 is 0 Å². The minimum Gasteiger partial charge on any atom is -0.475 e. The molecule has 3 heterocycles. The van der Waals surface area contributed by atoms with E-state index in [-0.39, 0.29) is 29.7 Å². The van der Waals surface area contributed by atoms with E-state index in [1.165, 1.54) is 6.42 Å². The number of hydrogen-bond acceptors (Lipinski definition) is 5. The van der Waals surface area contributed by atoms with E-state index in [9.17, 15) is 27.6 Å². The molecule has 5 rings (SSSR count). The molecule has 1 aliphatic carbocycles. The number of rotatable bonds is 3. The predicted molar refractivity (Wildman–Crippen MR) is 118 cm³/mol. The molecule has 10 heteroatoms. The first-order valence-corrected chi connectivity index (χ1v) is 11.7. The second-order valence-electron chi connectivity index (χ2n) is 9.53. The summed E-state index contributed by atoms with van der Waals surface area (Å²) in [5, 5.41) is 7.12. The highest BCUT2D eigenvalue weighted by Gasteiger charge is 2.65. The van der Waals surface area contributed by atoms with Gasteiger partial charge in [-0.3, -0.25) is 24.2 Å². The first-order chi connectivity index (χ1) is 16.5. The highest BCUT2D eigenvalue weighted by molar-refractivity contribution is 6.12. The lowest BCUT2D eigenvalue weighted by Gasteiger charge is -2.37. The Balaban J connectivity index is 0.000000364. The maximum absolute atomic E-state index is 13.4. The molecule has 188 valence electrons. The van der Waals surface area contributed by atoms with E-state index in [0.29, 0.717) is 6.54 Å². The van der Waals surface area contributed by atoms with E-state index in [0.717, 1.165) is 36.8 Å². The number of alkyl halides is 3. The number of carbonyl (C=O) groups is 4. The van der Waals surface area contributed by atoms with Crippen LogP contribution in [0.2, 0.25) is 0 Å². The van der Waals surface area contributed by atoms with Crippen molar-refractivity contribution in [3.8, 4) is 0 Å². The van der Waals surface area contributed by atoms with Gasteiger partial charge in [-0.2, -0.15) is 13.2 Å². The summed E-state index contributed by atoms with van der Waals surface area (Å²) in [6.45, 7) is 2.52.